The predicted octanol–water partition coefficient (Wildman–Crippen LogP) is 5.33. The van der Waals surface area contributed by atoms with E-state index < -0.39 is 0 Å². The molecule has 0 spiro atoms. The van der Waals surface area contributed by atoms with Crippen molar-refractivity contribution >= 4 is 44.9 Å². The zero-order valence-corrected chi connectivity index (χ0v) is 19.4. The molecule has 0 bridgehead atoms. The van der Waals surface area contributed by atoms with Crippen LogP contribution in [0.4, 0.5) is 5.69 Å². The topological polar surface area (TPSA) is 98.6 Å². The van der Waals surface area contributed by atoms with Crippen LogP contribution < -0.4 is 10.9 Å². The lowest BCUT2D eigenvalue weighted by Gasteiger charge is -2.06. The van der Waals surface area contributed by atoms with Crippen LogP contribution in [0.1, 0.15) is 37.7 Å². The largest absolute Gasteiger partial charge is 0.321 e. The highest BCUT2D eigenvalue weighted by atomic mass is 32.2. The summed E-state index contributed by atoms with van der Waals surface area (Å²) in [7, 11) is 0. The number of amides is 1. The minimum atomic E-state index is -0.327. The van der Waals surface area contributed by atoms with E-state index in [9.17, 15) is 9.59 Å². The van der Waals surface area contributed by atoms with Gasteiger partial charge in [0, 0.05) is 10.6 Å². The maximum Gasteiger partial charge on any atom is 0.266 e. The van der Waals surface area contributed by atoms with Crippen molar-refractivity contribution in [2.75, 3.05) is 5.32 Å². The molecule has 0 aliphatic rings. The van der Waals surface area contributed by atoms with Crippen molar-refractivity contribution in [3.8, 4) is 6.07 Å². The average molecular weight is 461 g/mol. The number of carbonyl (C=O) groups excluding carboxylic acids is 1. The van der Waals surface area contributed by atoms with Crippen molar-refractivity contribution in [3.05, 3.63) is 85.8 Å². The molecule has 0 saturated heterocycles. The molecule has 0 unspecified atom stereocenters. The number of nitriles is 1. The molecular weight excluding hydrogens is 440 g/mol. The molecule has 2 N–H and O–H groups in total. The van der Waals surface area contributed by atoms with E-state index in [0.29, 0.717) is 43.5 Å². The molecule has 160 valence electrons. The molecule has 0 saturated carbocycles. The average Bonchev–Trinajstić information content (AvgIpc) is 3.11. The van der Waals surface area contributed by atoms with Crippen LogP contribution in [0.3, 0.4) is 0 Å². The smallest absolute Gasteiger partial charge is 0.266 e. The van der Waals surface area contributed by atoms with Crippen LogP contribution in [-0.2, 0) is 5.75 Å². The summed E-state index contributed by atoms with van der Waals surface area (Å²) in [5.41, 5.74) is 3.70. The molecule has 8 heteroatoms. The van der Waals surface area contributed by atoms with Gasteiger partial charge < -0.3 is 10.3 Å². The van der Waals surface area contributed by atoms with Crippen LogP contribution in [0, 0.1) is 32.1 Å². The van der Waals surface area contributed by atoms with Crippen molar-refractivity contribution < 1.29 is 4.79 Å². The molecule has 2 aromatic heterocycles. The van der Waals surface area contributed by atoms with Gasteiger partial charge in [0.05, 0.1) is 27.6 Å². The summed E-state index contributed by atoms with van der Waals surface area (Å²) in [5.74, 6) is 0.768. The van der Waals surface area contributed by atoms with E-state index in [2.05, 4.69) is 46.5 Å². The maximum absolute atomic E-state index is 12.9. The number of carbonyl (C=O) groups is 1. The number of aryl methyl sites for hydroxylation is 3. The molecule has 0 aliphatic heterocycles. The molecular formula is C24H20N4O2S2. The van der Waals surface area contributed by atoms with Gasteiger partial charge in [0.25, 0.3) is 11.5 Å². The highest BCUT2D eigenvalue weighted by Crippen LogP contribution is 2.30. The van der Waals surface area contributed by atoms with Crippen molar-refractivity contribution in [1.82, 2.24) is 9.97 Å². The zero-order chi connectivity index (χ0) is 22.8. The molecule has 0 atom stereocenters. The summed E-state index contributed by atoms with van der Waals surface area (Å²) in [5, 5.41) is 12.3. The second-order valence-corrected chi connectivity index (χ2v) is 9.47. The first-order chi connectivity index (χ1) is 15.4. The van der Waals surface area contributed by atoms with E-state index in [1.165, 1.54) is 22.5 Å². The highest BCUT2D eigenvalue weighted by Gasteiger charge is 2.20. The first kappa shape index (κ1) is 21.8. The number of aromatic nitrogens is 2. The van der Waals surface area contributed by atoms with Gasteiger partial charge in [-0.1, -0.05) is 23.8 Å². The fourth-order valence-electron chi connectivity index (χ4n) is 3.34. The van der Waals surface area contributed by atoms with Gasteiger partial charge >= 0.3 is 0 Å². The molecule has 0 aliphatic carbocycles. The van der Waals surface area contributed by atoms with Gasteiger partial charge in [-0.15, -0.1) is 23.1 Å². The molecule has 1 amide bonds. The molecule has 2 heterocycles. The Labute approximate surface area is 193 Å². The molecule has 0 radical (unpaired) electrons. The van der Waals surface area contributed by atoms with Gasteiger partial charge in [-0.05, 0) is 56.2 Å². The third-order valence-corrected chi connectivity index (χ3v) is 7.37. The van der Waals surface area contributed by atoms with Crippen molar-refractivity contribution in [3.63, 3.8) is 0 Å². The number of hydrogen-bond donors (Lipinski definition) is 2. The highest BCUT2D eigenvalue weighted by molar-refractivity contribution is 7.98. The molecule has 0 fully saturated rings. The Morgan fingerprint density at radius 2 is 2.03 bits per heavy atom. The number of nitrogens with zero attached hydrogens (tertiary/aromatic N) is 2. The van der Waals surface area contributed by atoms with E-state index in [-0.39, 0.29) is 11.5 Å². The number of fused-ring (bicyclic) bond motifs is 1. The van der Waals surface area contributed by atoms with E-state index >= 15 is 0 Å². The Morgan fingerprint density at radius 3 is 2.81 bits per heavy atom. The van der Waals surface area contributed by atoms with Crippen molar-refractivity contribution in [2.24, 2.45) is 0 Å². The molecule has 2 aromatic carbocycles. The van der Waals surface area contributed by atoms with Crippen molar-refractivity contribution in [2.45, 2.75) is 31.4 Å². The lowest BCUT2D eigenvalue weighted by molar-refractivity contribution is 0.103. The van der Waals surface area contributed by atoms with Crippen LogP contribution in [0.25, 0.3) is 10.2 Å². The third-order valence-electron chi connectivity index (χ3n) is 5.01. The van der Waals surface area contributed by atoms with E-state index in [1.54, 1.807) is 43.0 Å². The first-order valence-electron chi connectivity index (χ1n) is 9.89. The number of thiophene rings is 1. The van der Waals surface area contributed by atoms with E-state index in [1.807, 2.05) is 6.92 Å². The quantitative estimate of drug-likeness (QED) is 0.393. The second-order valence-electron chi connectivity index (χ2n) is 7.45. The number of anilines is 1. The first-order valence-corrected chi connectivity index (χ1v) is 11.7. The Bertz CT molecular complexity index is 1450. The van der Waals surface area contributed by atoms with Crippen molar-refractivity contribution in [1.29, 1.82) is 5.26 Å². The van der Waals surface area contributed by atoms with Gasteiger partial charge in [0.15, 0.2) is 0 Å². The lowest BCUT2D eigenvalue weighted by Crippen LogP contribution is -2.13. The Hall–Kier alpha value is -3.41. The number of aromatic amines is 1. The normalized spacial score (nSPS) is 10.8. The van der Waals surface area contributed by atoms with Gasteiger partial charge in [0.2, 0.25) is 0 Å². The minimum absolute atomic E-state index is 0.245. The Morgan fingerprint density at radius 1 is 1.22 bits per heavy atom. The summed E-state index contributed by atoms with van der Waals surface area (Å²) in [4.78, 5) is 35.2. The Balaban J connectivity index is 1.61. The third kappa shape index (κ3) is 4.44. The minimum Gasteiger partial charge on any atom is -0.321 e. The number of nitrogens with one attached hydrogen (secondary N) is 2. The number of hydrogen-bond acceptors (Lipinski definition) is 6. The molecule has 4 rings (SSSR count). The van der Waals surface area contributed by atoms with Gasteiger partial charge in [-0.25, -0.2) is 4.98 Å². The van der Waals surface area contributed by atoms with Crippen LogP contribution >= 0.6 is 23.1 Å². The number of thioether (sulfide) groups is 1. The van der Waals surface area contributed by atoms with Crippen LogP contribution in [0.5, 0.6) is 0 Å². The van der Waals surface area contributed by atoms with Crippen LogP contribution in [0.2, 0.25) is 0 Å². The summed E-state index contributed by atoms with van der Waals surface area (Å²) in [6.07, 6.45) is 0. The lowest BCUT2D eigenvalue weighted by atomic mass is 10.2. The monoisotopic (exact) mass is 460 g/mol. The molecule has 4 aromatic rings. The number of benzene rings is 2. The predicted molar refractivity (Wildman–Crippen MR) is 130 cm³/mol. The number of H-pyrrole nitrogens is 1. The zero-order valence-electron chi connectivity index (χ0n) is 17.8. The fourth-order valence-corrected chi connectivity index (χ4v) is 5.43. The van der Waals surface area contributed by atoms with E-state index in [0.717, 1.165) is 4.90 Å². The SMILES string of the molecule is Cc1ccc(C)c(SCc2nc3sc(C(=O)Nc4cccc(C#N)c4)c(C)c3c(=O)[nH]2)c1. The molecule has 6 nitrogen and oxygen atoms in total. The molecule has 32 heavy (non-hydrogen) atoms. The fraction of sp³-hybridized carbons (Fsp3) is 0.167. The van der Waals surface area contributed by atoms with Crippen LogP contribution in [-0.4, -0.2) is 15.9 Å². The van der Waals surface area contributed by atoms with Gasteiger partial charge in [-0.2, -0.15) is 5.26 Å². The summed E-state index contributed by atoms with van der Waals surface area (Å²) < 4.78 is 0. The number of rotatable bonds is 5. The van der Waals surface area contributed by atoms with E-state index in [4.69, 9.17) is 5.26 Å². The van der Waals surface area contributed by atoms with Gasteiger partial charge in [0.1, 0.15) is 10.7 Å². The maximum atomic E-state index is 12.9. The Kier molecular flexibility index (Phi) is 6.12. The summed E-state index contributed by atoms with van der Waals surface area (Å²) >= 11 is 2.82. The van der Waals surface area contributed by atoms with Crippen LogP contribution in [0.15, 0.2) is 52.2 Å². The summed E-state index contributed by atoms with van der Waals surface area (Å²) in [6, 6.07) is 15.0. The summed E-state index contributed by atoms with van der Waals surface area (Å²) in [6.45, 7) is 5.86. The standard InChI is InChI=1S/C24H20N4O2S2/c1-13-7-8-14(2)18(9-13)31-12-19-27-22(29)20-15(3)21(32-24(20)28-19)23(30)26-17-6-4-5-16(10-17)11-25/h4-10H,12H2,1-3H3,(H,26,30)(H,27,28,29). The van der Waals surface area contributed by atoms with Gasteiger partial charge in [-0.3, -0.25) is 9.59 Å². The second kappa shape index (κ2) is 8.99.